The number of halogens is 1. The number of carboxylic acid groups (broad SMARTS) is 1. The fraction of sp³-hybridized carbons (Fsp3) is 0.409. The number of hydrogen-bond acceptors (Lipinski definition) is 6. The maximum absolute atomic E-state index is 12.8. The Morgan fingerprint density at radius 2 is 2.09 bits per heavy atom. The molecule has 1 aromatic carbocycles. The van der Waals surface area contributed by atoms with Gasteiger partial charge in [0.2, 0.25) is 5.91 Å². The van der Waals surface area contributed by atoms with Crippen molar-refractivity contribution in [1.29, 1.82) is 0 Å². The highest BCUT2D eigenvalue weighted by Gasteiger charge is 2.25. The van der Waals surface area contributed by atoms with Crippen molar-refractivity contribution in [1.82, 2.24) is 15.2 Å². The quantitative estimate of drug-likeness (QED) is 0.419. The molecule has 0 fully saturated rings. The molecule has 1 unspecified atom stereocenters. The number of aromatic nitrogens is 1. The van der Waals surface area contributed by atoms with Gasteiger partial charge in [-0.15, -0.1) is 35.1 Å². The SMILES string of the molecule is CCC(C)N(CCC(=O)Nc1sc2c(c1-c1nc3ccccc3s1)CCNC2)C(=O)O.Cl. The Labute approximate surface area is 201 Å². The molecule has 32 heavy (non-hydrogen) atoms. The van der Waals surface area contributed by atoms with Crippen LogP contribution < -0.4 is 10.6 Å². The molecule has 3 heterocycles. The van der Waals surface area contributed by atoms with E-state index in [0.29, 0.717) is 6.42 Å². The fourth-order valence-corrected chi connectivity index (χ4v) is 6.11. The second kappa shape index (κ2) is 10.6. The molecule has 4 rings (SSSR count). The molecule has 3 N–H and O–H groups in total. The Kier molecular flexibility index (Phi) is 8.10. The van der Waals surface area contributed by atoms with Crippen LogP contribution >= 0.6 is 35.1 Å². The monoisotopic (exact) mass is 494 g/mol. The second-order valence-electron chi connectivity index (χ2n) is 7.65. The number of nitrogens with one attached hydrogen (secondary N) is 2. The van der Waals surface area contributed by atoms with Crippen LogP contribution in [0.2, 0.25) is 0 Å². The minimum Gasteiger partial charge on any atom is -0.465 e. The van der Waals surface area contributed by atoms with Crippen LogP contribution in [0.15, 0.2) is 24.3 Å². The van der Waals surface area contributed by atoms with Crippen molar-refractivity contribution in [2.24, 2.45) is 0 Å². The molecule has 2 amide bonds. The highest BCUT2D eigenvalue weighted by molar-refractivity contribution is 7.22. The maximum atomic E-state index is 12.8. The lowest BCUT2D eigenvalue weighted by Gasteiger charge is -2.25. The third kappa shape index (κ3) is 5.06. The van der Waals surface area contributed by atoms with E-state index in [1.807, 2.05) is 32.0 Å². The van der Waals surface area contributed by atoms with Gasteiger partial charge in [0, 0.05) is 36.0 Å². The smallest absolute Gasteiger partial charge is 0.407 e. The van der Waals surface area contributed by atoms with Crippen LogP contribution in [-0.4, -0.2) is 46.1 Å². The standard InChI is InChI=1S/C22H26N4O3S2.ClH/c1-3-13(2)26(22(28)29)11-9-18(27)25-21-19(14-8-10-23-12-17(14)31-21)20-24-15-6-4-5-7-16(15)30-20;/h4-7,13,23H,3,8-12H2,1-2H3,(H,25,27)(H,28,29);1H. The number of hydrogen-bond donors (Lipinski definition) is 3. The van der Waals surface area contributed by atoms with Gasteiger partial charge in [0.15, 0.2) is 0 Å². The maximum Gasteiger partial charge on any atom is 0.407 e. The summed E-state index contributed by atoms with van der Waals surface area (Å²) in [6.45, 7) is 5.66. The average Bonchev–Trinajstić information content (AvgIpc) is 3.33. The van der Waals surface area contributed by atoms with Gasteiger partial charge in [0.25, 0.3) is 0 Å². The normalized spacial score (nSPS) is 13.8. The predicted molar refractivity (Wildman–Crippen MR) is 133 cm³/mol. The summed E-state index contributed by atoms with van der Waals surface area (Å²) in [5.41, 5.74) is 3.23. The third-order valence-corrected chi connectivity index (χ3v) is 7.84. The Bertz CT molecular complexity index is 1080. The lowest BCUT2D eigenvalue weighted by molar-refractivity contribution is -0.116. The molecule has 1 aliphatic rings. The van der Waals surface area contributed by atoms with E-state index in [4.69, 9.17) is 4.98 Å². The van der Waals surface area contributed by atoms with E-state index in [1.54, 1.807) is 22.7 Å². The van der Waals surface area contributed by atoms with E-state index in [0.717, 1.165) is 45.3 Å². The van der Waals surface area contributed by atoms with Crippen LogP contribution in [0.4, 0.5) is 9.80 Å². The van der Waals surface area contributed by atoms with Crippen molar-refractivity contribution < 1.29 is 14.7 Å². The fourth-order valence-electron chi connectivity index (χ4n) is 3.76. The Hall–Kier alpha value is -2.20. The second-order valence-corrected chi connectivity index (χ2v) is 9.79. The summed E-state index contributed by atoms with van der Waals surface area (Å²) < 4.78 is 1.12. The number of carbonyl (C=O) groups is 2. The summed E-state index contributed by atoms with van der Waals surface area (Å²) in [6, 6.07) is 7.93. The number of anilines is 1. The van der Waals surface area contributed by atoms with Crippen LogP contribution in [0, 0.1) is 0 Å². The molecule has 7 nitrogen and oxygen atoms in total. The van der Waals surface area contributed by atoms with E-state index in [-0.39, 0.29) is 37.3 Å². The van der Waals surface area contributed by atoms with Crippen LogP contribution in [-0.2, 0) is 17.8 Å². The number of benzene rings is 1. The van der Waals surface area contributed by atoms with Crippen molar-refractivity contribution in [3.05, 3.63) is 34.7 Å². The lowest BCUT2D eigenvalue weighted by atomic mass is 10.0. The number of thiophene rings is 1. The average molecular weight is 495 g/mol. The minimum absolute atomic E-state index is 0. The summed E-state index contributed by atoms with van der Waals surface area (Å²) >= 11 is 3.22. The Morgan fingerprint density at radius 1 is 1.31 bits per heavy atom. The number of fused-ring (bicyclic) bond motifs is 2. The number of carbonyl (C=O) groups excluding carboxylic acids is 1. The van der Waals surface area contributed by atoms with Crippen molar-refractivity contribution in [2.75, 3.05) is 18.4 Å². The molecule has 0 saturated heterocycles. The van der Waals surface area contributed by atoms with E-state index in [9.17, 15) is 14.7 Å². The van der Waals surface area contributed by atoms with Gasteiger partial charge < -0.3 is 20.6 Å². The molecule has 1 aliphatic heterocycles. The highest BCUT2D eigenvalue weighted by Crippen LogP contribution is 2.44. The highest BCUT2D eigenvalue weighted by atomic mass is 35.5. The first-order valence-electron chi connectivity index (χ1n) is 10.5. The van der Waals surface area contributed by atoms with Gasteiger partial charge in [-0.1, -0.05) is 19.1 Å². The first-order valence-corrected chi connectivity index (χ1v) is 12.1. The van der Waals surface area contributed by atoms with Gasteiger partial charge in [-0.3, -0.25) is 4.79 Å². The molecule has 172 valence electrons. The number of para-hydroxylation sites is 1. The molecular formula is C22H27ClN4O3S2. The van der Waals surface area contributed by atoms with Crippen LogP contribution in [0.5, 0.6) is 0 Å². The van der Waals surface area contributed by atoms with Gasteiger partial charge in [-0.05, 0) is 44.0 Å². The molecule has 1 atom stereocenters. The zero-order valence-corrected chi connectivity index (χ0v) is 20.5. The zero-order valence-electron chi connectivity index (χ0n) is 18.0. The molecule has 0 radical (unpaired) electrons. The molecule has 0 saturated carbocycles. The molecule has 0 aliphatic carbocycles. The van der Waals surface area contributed by atoms with E-state index in [1.165, 1.54) is 15.3 Å². The van der Waals surface area contributed by atoms with Crippen LogP contribution in [0.1, 0.15) is 37.1 Å². The lowest BCUT2D eigenvalue weighted by Crippen LogP contribution is -2.39. The van der Waals surface area contributed by atoms with Gasteiger partial charge >= 0.3 is 6.09 Å². The number of thiazole rings is 1. The minimum atomic E-state index is -0.991. The molecular weight excluding hydrogens is 468 g/mol. The topological polar surface area (TPSA) is 94.6 Å². The first-order chi connectivity index (χ1) is 15.0. The Balaban J connectivity index is 0.00000289. The summed E-state index contributed by atoms with van der Waals surface area (Å²) in [4.78, 5) is 31.7. The van der Waals surface area contributed by atoms with Crippen molar-refractivity contribution in [3.8, 4) is 10.6 Å². The van der Waals surface area contributed by atoms with E-state index < -0.39 is 6.09 Å². The Morgan fingerprint density at radius 3 is 2.81 bits per heavy atom. The molecule has 3 aromatic rings. The van der Waals surface area contributed by atoms with Crippen molar-refractivity contribution in [3.63, 3.8) is 0 Å². The number of amides is 2. The van der Waals surface area contributed by atoms with Gasteiger partial charge in [-0.2, -0.15) is 0 Å². The molecule has 0 spiro atoms. The van der Waals surface area contributed by atoms with E-state index >= 15 is 0 Å². The third-order valence-electron chi connectivity index (χ3n) is 5.64. The molecule has 10 heteroatoms. The summed E-state index contributed by atoms with van der Waals surface area (Å²) in [5.74, 6) is -0.177. The van der Waals surface area contributed by atoms with Crippen molar-refractivity contribution in [2.45, 2.75) is 45.7 Å². The zero-order chi connectivity index (χ0) is 22.0. The molecule has 0 bridgehead atoms. The summed E-state index contributed by atoms with van der Waals surface area (Å²) in [6.07, 6.45) is 0.736. The van der Waals surface area contributed by atoms with Gasteiger partial charge in [-0.25, -0.2) is 9.78 Å². The van der Waals surface area contributed by atoms with Crippen molar-refractivity contribution >= 4 is 62.3 Å². The van der Waals surface area contributed by atoms with Crippen LogP contribution in [0.3, 0.4) is 0 Å². The van der Waals surface area contributed by atoms with Crippen LogP contribution in [0.25, 0.3) is 20.8 Å². The largest absolute Gasteiger partial charge is 0.465 e. The molecule has 2 aromatic heterocycles. The van der Waals surface area contributed by atoms with Gasteiger partial charge in [0.1, 0.15) is 10.0 Å². The van der Waals surface area contributed by atoms with E-state index in [2.05, 4.69) is 16.7 Å². The predicted octanol–water partition coefficient (Wildman–Crippen LogP) is 5.20. The first kappa shape index (κ1) is 24.4. The summed E-state index contributed by atoms with van der Waals surface area (Å²) in [7, 11) is 0. The van der Waals surface area contributed by atoms with Gasteiger partial charge in [0.05, 0.1) is 10.2 Å². The summed E-state index contributed by atoms with van der Waals surface area (Å²) in [5, 5.41) is 17.6. The number of nitrogens with zero attached hydrogens (tertiary/aromatic N) is 2. The number of rotatable bonds is 7.